The number of Topliss-reactive ketones (excluding diaryl/α,β-unsaturated/α-hetero) is 1. The van der Waals surface area contributed by atoms with Crippen LogP contribution >= 0.6 is 0 Å². The first kappa shape index (κ1) is 7.69. The van der Waals surface area contributed by atoms with Gasteiger partial charge in [0.1, 0.15) is 0 Å². The second-order valence-electron chi connectivity index (χ2n) is 2.84. The minimum absolute atomic E-state index is 0.0417. The summed E-state index contributed by atoms with van der Waals surface area (Å²) in [4.78, 5) is 11.2. The molecule has 1 rings (SSSR count). The maximum atomic E-state index is 11.2. The third kappa shape index (κ3) is 1.55. The topological polar surface area (TPSA) is 55.1 Å². The summed E-state index contributed by atoms with van der Waals surface area (Å²) in [6, 6.07) is -0.268. The van der Waals surface area contributed by atoms with Crippen molar-refractivity contribution in [2.75, 3.05) is 6.54 Å². The normalized spacial score (nSPS) is 28.4. The molecule has 1 aliphatic rings. The Bertz CT molecular complexity index is 128. The second kappa shape index (κ2) is 3.12. The summed E-state index contributed by atoms with van der Waals surface area (Å²) in [6.07, 6.45) is 2.06. The minimum Gasteiger partial charge on any atom is -0.322 e. The molecule has 0 amide bonds. The van der Waals surface area contributed by atoms with Crippen molar-refractivity contribution in [3.63, 3.8) is 0 Å². The second-order valence-corrected chi connectivity index (χ2v) is 2.84. The fourth-order valence-electron chi connectivity index (χ4n) is 1.24. The van der Waals surface area contributed by atoms with E-state index >= 15 is 0 Å². The average Bonchev–Trinajstić information content (AvgIpc) is 2.36. The van der Waals surface area contributed by atoms with E-state index in [9.17, 15) is 4.79 Å². The molecule has 1 saturated heterocycles. The Morgan fingerprint density at radius 1 is 1.80 bits per heavy atom. The van der Waals surface area contributed by atoms with E-state index in [1.807, 2.05) is 0 Å². The fraction of sp³-hybridized carbons (Fsp3) is 0.857. The van der Waals surface area contributed by atoms with E-state index in [1.165, 1.54) is 0 Å². The molecular weight excluding hydrogens is 128 g/mol. The van der Waals surface area contributed by atoms with Gasteiger partial charge in [-0.15, -0.1) is 0 Å². The van der Waals surface area contributed by atoms with Gasteiger partial charge in [-0.2, -0.15) is 0 Å². The molecule has 2 atom stereocenters. The quantitative estimate of drug-likeness (QED) is 0.554. The van der Waals surface area contributed by atoms with Crippen LogP contribution in [-0.4, -0.2) is 24.4 Å². The first-order valence-corrected chi connectivity index (χ1v) is 3.74. The average molecular weight is 142 g/mol. The fourth-order valence-corrected chi connectivity index (χ4v) is 1.24. The molecule has 3 N–H and O–H groups in total. The third-order valence-corrected chi connectivity index (χ3v) is 1.85. The van der Waals surface area contributed by atoms with Crippen molar-refractivity contribution in [1.82, 2.24) is 5.32 Å². The summed E-state index contributed by atoms with van der Waals surface area (Å²) in [7, 11) is 0. The molecule has 0 spiro atoms. The molecule has 0 radical (unpaired) electrons. The smallest absolute Gasteiger partial charge is 0.166 e. The van der Waals surface area contributed by atoms with Gasteiger partial charge in [-0.1, -0.05) is 0 Å². The lowest BCUT2D eigenvalue weighted by Crippen LogP contribution is -2.41. The van der Waals surface area contributed by atoms with Crippen molar-refractivity contribution in [3.05, 3.63) is 0 Å². The van der Waals surface area contributed by atoms with E-state index in [0.717, 1.165) is 19.4 Å². The van der Waals surface area contributed by atoms with Crippen LogP contribution in [0.2, 0.25) is 0 Å². The van der Waals surface area contributed by atoms with E-state index < -0.39 is 0 Å². The molecule has 3 heteroatoms. The molecule has 0 aromatic carbocycles. The van der Waals surface area contributed by atoms with Crippen molar-refractivity contribution < 1.29 is 4.79 Å². The molecule has 1 heterocycles. The SMILES string of the molecule is CC(N)C(=O)C1CCCN1. The number of rotatable bonds is 2. The van der Waals surface area contributed by atoms with Crippen LogP contribution in [0.3, 0.4) is 0 Å². The Labute approximate surface area is 61.0 Å². The van der Waals surface area contributed by atoms with Gasteiger partial charge in [-0.05, 0) is 26.3 Å². The zero-order valence-electron chi connectivity index (χ0n) is 6.26. The number of carbonyl (C=O) groups excluding carboxylic acids is 1. The molecule has 0 bridgehead atoms. The highest BCUT2D eigenvalue weighted by molar-refractivity contribution is 5.88. The number of carbonyl (C=O) groups is 1. The summed E-state index contributed by atoms with van der Waals surface area (Å²) < 4.78 is 0. The Balaban J connectivity index is 2.40. The molecule has 0 aromatic heterocycles. The lowest BCUT2D eigenvalue weighted by atomic mass is 10.1. The first-order valence-electron chi connectivity index (χ1n) is 3.74. The molecule has 0 aromatic rings. The Hall–Kier alpha value is -0.410. The lowest BCUT2D eigenvalue weighted by molar-refractivity contribution is -0.121. The number of hydrogen-bond acceptors (Lipinski definition) is 3. The van der Waals surface area contributed by atoms with Gasteiger partial charge in [0.15, 0.2) is 5.78 Å². The van der Waals surface area contributed by atoms with Gasteiger partial charge < -0.3 is 11.1 Å². The van der Waals surface area contributed by atoms with Gasteiger partial charge in [-0.3, -0.25) is 4.79 Å². The van der Waals surface area contributed by atoms with Crippen LogP contribution < -0.4 is 11.1 Å². The summed E-state index contributed by atoms with van der Waals surface area (Å²) >= 11 is 0. The standard InChI is InChI=1S/C7H14N2O/c1-5(8)7(10)6-3-2-4-9-6/h5-6,9H,2-4,8H2,1H3. The monoisotopic (exact) mass is 142 g/mol. The van der Waals surface area contributed by atoms with Gasteiger partial charge in [0.05, 0.1) is 12.1 Å². The maximum absolute atomic E-state index is 11.2. The van der Waals surface area contributed by atoms with Gasteiger partial charge in [0.25, 0.3) is 0 Å². The number of ketones is 1. The highest BCUT2D eigenvalue weighted by Crippen LogP contribution is 2.06. The van der Waals surface area contributed by atoms with Crippen molar-refractivity contribution in [2.24, 2.45) is 5.73 Å². The van der Waals surface area contributed by atoms with Crippen molar-refractivity contribution in [2.45, 2.75) is 31.8 Å². The van der Waals surface area contributed by atoms with E-state index in [2.05, 4.69) is 5.32 Å². The molecule has 58 valence electrons. The van der Waals surface area contributed by atoms with E-state index in [0.29, 0.717) is 0 Å². The van der Waals surface area contributed by atoms with Crippen LogP contribution in [0.25, 0.3) is 0 Å². The minimum atomic E-state index is -0.310. The number of hydrogen-bond donors (Lipinski definition) is 2. The molecule has 2 unspecified atom stereocenters. The maximum Gasteiger partial charge on any atom is 0.166 e. The molecule has 0 saturated carbocycles. The van der Waals surface area contributed by atoms with E-state index in [1.54, 1.807) is 6.92 Å². The van der Waals surface area contributed by atoms with Crippen LogP contribution in [0.1, 0.15) is 19.8 Å². The van der Waals surface area contributed by atoms with Crippen molar-refractivity contribution in [1.29, 1.82) is 0 Å². The van der Waals surface area contributed by atoms with Crippen LogP contribution in [0.5, 0.6) is 0 Å². The van der Waals surface area contributed by atoms with Gasteiger partial charge in [0, 0.05) is 0 Å². The van der Waals surface area contributed by atoms with Crippen molar-refractivity contribution >= 4 is 5.78 Å². The number of nitrogens with two attached hydrogens (primary N) is 1. The molecule has 1 fully saturated rings. The molecule has 3 nitrogen and oxygen atoms in total. The van der Waals surface area contributed by atoms with Gasteiger partial charge in [0.2, 0.25) is 0 Å². The molecule has 10 heavy (non-hydrogen) atoms. The highest BCUT2D eigenvalue weighted by Gasteiger charge is 2.23. The first-order chi connectivity index (χ1) is 4.72. The molecule has 0 aliphatic carbocycles. The van der Waals surface area contributed by atoms with E-state index in [-0.39, 0.29) is 17.9 Å². The lowest BCUT2D eigenvalue weighted by Gasteiger charge is -2.10. The molecular formula is C7H14N2O. The van der Waals surface area contributed by atoms with Gasteiger partial charge in [-0.25, -0.2) is 0 Å². The number of nitrogens with one attached hydrogen (secondary N) is 1. The van der Waals surface area contributed by atoms with Crippen LogP contribution in [0.4, 0.5) is 0 Å². The van der Waals surface area contributed by atoms with Crippen LogP contribution in [0, 0.1) is 0 Å². The third-order valence-electron chi connectivity index (χ3n) is 1.85. The molecule has 1 aliphatic heterocycles. The van der Waals surface area contributed by atoms with E-state index in [4.69, 9.17) is 5.73 Å². The highest BCUT2D eigenvalue weighted by atomic mass is 16.1. The predicted octanol–water partition coefficient (Wildman–Crippen LogP) is -0.345. The van der Waals surface area contributed by atoms with Crippen molar-refractivity contribution in [3.8, 4) is 0 Å². The van der Waals surface area contributed by atoms with Crippen LogP contribution in [-0.2, 0) is 4.79 Å². The van der Waals surface area contributed by atoms with Gasteiger partial charge >= 0.3 is 0 Å². The summed E-state index contributed by atoms with van der Waals surface area (Å²) in [6.45, 7) is 2.70. The Morgan fingerprint density at radius 2 is 2.50 bits per heavy atom. The summed E-state index contributed by atoms with van der Waals surface area (Å²) in [5, 5.41) is 3.11. The zero-order chi connectivity index (χ0) is 7.56. The van der Waals surface area contributed by atoms with Crippen LogP contribution in [0.15, 0.2) is 0 Å². The zero-order valence-corrected chi connectivity index (χ0v) is 6.26. The predicted molar refractivity (Wildman–Crippen MR) is 39.7 cm³/mol. The Kier molecular flexibility index (Phi) is 2.40. The summed E-state index contributed by atoms with van der Waals surface area (Å²) in [5.74, 6) is 0.150. The largest absolute Gasteiger partial charge is 0.322 e. The summed E-state index contributed by atoms with van der Waals surface area (Å²) in [5.41, 5.74) is 5.43. The Morgan fingerprint density at radius 3 is 2.90 bits per heavy atom.